The third-order valence-electron chi connectivity index (χ3n) is 6.93. The predicted octanol–water partition coefficient (Wildman–Crippen LogP) is 3.57. The van der Waals surface area contributed by atoms with Gasteiger partial charge in [-0.15, -0.1) is 0 Å². The smallest absolute Gasteiger partial charge is 0.338 e. The minimum absolute atomic E-state index is 0.0574. The lowest BCUT2D eigenvalue weighted by molar-refractivity contribution is -0.156. The van der Waals surface area contributed by atoms with Gasteiger partial charge >= 0.3 is 5.97 Å². The van der Waals surface area contributed by atoms with Crippen molar-refractivity contribution in [3.63, 3.8) is 0 Å². The molecule has 4 aliphatic rings. The van der Waals surface area contributed by atoms with Gasteiger partial charge in [-0.3, -0.25) is 14.5 Å². The van der Waals surface area contributed by atoms with Crippen molar-refractivity contribution in [2.75, 3.05) is 4.90 Å². The first-order chi connectivity index (χ1) is 12.3. The summed E-state index contributed by atoms with van der Waals surface area (Å²) in [5.74, 6) is 0.760. The Morgan fingerprint density at radius 3 is 2.46 bits per heavy atom. The molecule has 138 valence electrons. The molecule has 5 heteroatoms. The molecule has 5 rings (SSSR count). The molecule has 1 aromatic rings. The summed E-state index contributed by atoms with van der Waals surface area (Å²) in [6, 6.07) is 6.63. The third-order valence-corrected chi connectivity index (χ3v) is 6.93. The van der Waals surface area contributed by atoms with E-state index < -0.39 is 0 Å². The fourth-order valence-corrected chi connectivity index (χ4v) is 5.10. The second kappa shape index (κ2) is 5.93. The average molecular weight is 355 g/mol. The average Bonchev–Trinajstić information content (AvgIpc) is 2.94. The van der Waals surface area contributed by atoms with E-state index in [9.17, 15) is 14.4 Å². The lowest BCUT2D eigenvalue weighted by atomic mass is 9.45. The summed E-state index contributed by atoms with van der Waals surface area (Å²) < 4.78 is 5.83. The molecule has 1 saturated heterocycles. The number of fused-ring (bicyclic) bond motifs is 2. The molecular weight excluding hydrogens is 330 g/mol. The van der Waals surface area contributed by atoms with Crippen molar-refractivity contribution in [3.8, 4) is 0 Å². The molecule has 1 aliphatic heterocycles. The van der Waals surface area contributed by atoms with Crippen LogP contribution in [0.4, 0.5) is 5.69 Å². The second-order valence-electron chi connectivity index (χ2n) is 8.57. The summed E-state index contributed by atoms with van der Waals surface area (Å²) >= 11 is 0. The first-order valence-electron chi connectivity index (χ1n) is 9.46. The number of hydrogen-bond acceptors (Lipinski definition) is 4. The van der Waals surface area contributed by atoms with Crippen LogP contribution in [0, 0.1) is 23.2 Å². The van der Waals surface area contributed by atoms with Crippen LogP contribution >= 0.6 is 0 Å². The zero-order valence-electron chi connectivity index (χ0n) is 15.5. The third kappa shape index (κ3) is 2.56. The van der Waals surface area contributed by atoms with Crippen LogP contribution in [0.1, 0.15) is 56.8 Å². The molecule has 3 saturated carbocycles. The monoisotopic (exact) mass is 355 g/mol. The van der Waals surface area contributed by atoms with Gasteiger partial charge in [0.1, 0.15) is 6.10 Å². The minimum atomic E-state index is -0.373. The van der Waals surface area contributed by atoms with Crippen LogP contribution in [-0.4, -0.2) is 23.9 Å². The fraction of sp³-hybridized carbons (Fsp3) is 0.571. The molecular formula is C21H25NO4. The van der Waals surface area contributed by atoms with Gasteiger partial charge in [-0.1, -0.05) is 26.8 Å². The molecule has 0 unspecified atom stereocenters. The number of nitrogens with zero attached hydrogens (tertiary/aromatic N) is 1. The summed E-state index contributed by atoms with van der Waals surface area (Å²) in [7, 11) is 0. The van der Waals surface area contributed by atoms with E-state index in [1.54, 1.807) is 24.3 Å². The van der Waals surface area contributed by atoms with Crippen molar-refractivity contribution in [1.82, 2.24) is 0 Å². The summed E-state index contributed by atoms with van der Waals surface area (Å²) in [6.07, 6.45) is 2.55. The Labute approximate surface area is 153 Å². The predicted molar refractivity (Wildman–Crippen MR) is 96.5 cm³/mol. The number of carbonyl (C=O) groups excluding carboxylic acids is 3. The van der Waals surface area contributed by atoms with Crippen LogP contribution in [0.25, 0.3) is 0 Å². The number of ether oxygens (including phenoxy) is 1. The fourth-order valence-electron chi connectivity index (χ4n) is 5.10. The highest BCUT2D eigenvalue weighted by molar-refractivity contribution is 6.20. The number of anilines is 1. The second-order valence-corrected chi connectivity index (χ2v) is 8.57. The van der Waals surface area contributed by atoms with E-state index in [0.717, 1.165) is 11.3 Å². The van der Waals surface area contributed by atoms with Gasteiger partial charge in [-0.25, -0.2) is 4.79 Å². The van der Waals surface area contributed by atoms with Gasteiger partial charge in [0.15, 0.2) is 0 Å². The van der Waals surface area contributed by atoms with E-state index in [1.807, 2.05) is 0 Å². The highest BCUT2D eigenvalue weighted by Gasteiger charge is 2.57. The lowest BCUT2D eigenvalue weighted by Gasteiger charge is -2.61. The summed E-state index contributed by atoms with van der Waals surface area (Å²) in [5.41, 5.74) is 1.19. The van der Waals surface area contributed by atoms with Gasteiger partial charge in [0.2, 0.25) is 11.8 Å². The van der Waals surface area contributed by atoms with Gasteiger partial charge in [-0.05, 0) is 54.2 Å². The van der Waals surface area contributed by atoms with Crippen LogP contribution in [0.5, 0.6) is 0 Å². The van der Waals surface area contributed by atoms with Crippen molar-refractivity contribution in [3.05, 3.63) is 29.8 Å². The van der Waals surface area contributed by atoms with Crippen LogP contribution < -0.4 is 4.90 Å². The molecule has 3 aliphatic carbocycles. The number of esters is 1. The molecule has 0 N–H and O–H groups in total. The number of rotatable bonds is 3. The largest absolute Gasteiger partial charge is 0.458 e. The van der Waals surface area contributed by atoms with Crippen LogP contribution in [0.3, 0.4) is 0 Å². The molecule has 4 atom stereocenters. The van der Waals surface area contributed by atoms with Gasteiger partial charge in [0.05, 0.1) is 11.3 Å². The van der Waals surface area contributed by atoms with Crippen LogP contribution in [0.15, 0.2) is 24.3 Å². The van der Waals surface area contributed by atoms with Crippen molar-refractivity contribution in [2.45, 2.75) is 52.6 Å². The number of benzene rings is 1. The Kier molecular flexibility index (Phi) is 3.94. The standard InChI is InChI=1S/C21H25NO4/c1-12-16-10-14(21(16,2)3)11-17(12)26-20(25)13-5-4-6-15(9-13)22-18(23)7-8-19(22)24/h4-6,9,12,14,16-17H,7-8,10-11H2,1-3H3/t12-,14-,16-,17-/m1/s1. The van der Waals surface area contributed by atoms with E-state index in [1.165, 1.54) is 6.42 Å². The van der Waals surface area contributed by atoms with Gasteiger partial charge in [0, 0.05) is 12.8 Å². The van der Waals surface area contributed by atoms with Crippen molar-refractivity contribution < 1.29 is 19.1 Å². The minimum Gasteiger partial charge on any atom is -0.458 e. The lowest BCUT2D eigenvalue weighted by Crippen LogP contribution is -2.57. The molecule has 2 bridgehead atoms. The highest BCUT2D eigenvalue weighted by Crippen LogP contribution is 2.61. The molecule has 1 heterocycles. The highest BCUT2D eigenvalue weighted by atomic mass is 16.5. The molecule has 2 amide bonds. The Morgan fingerprint density at radius 2 is 1.85 bits per heavy atom. The summed E-state index contributed by atoms with van der Waals surface area (Å²) in [4.78, 5) is 37.7. The number of hydrogen-bond donors (Lipinski definition) is 0. The molecule has 1 aromatic carbocycles. The van der Waals surface area contributed by atoms with E-state index in [4.69, 9.17) is 4.74 Å². The maximum absolute atomic E-state index is 12.7. The van der Waals surface area contributed by atoms with Crippen molar-refractivity contribution in [2.24, 2.45) is 23.2 Å². The van der Waals surface area contributed by atoms with E-state index in [0.29, 0.717) is 34.4 Å². The molecule has 5 nitrogen and oxygen atoms in total. The molecule has 0 aromatic heterocycles. The van der Waals surface area contributed by atoms with E-state index in [2.05, 4.69) is 20.8 Å². The summed E-state index contributed by atoms with van der Waals surface area (Å²) in [5, 5.41) is 0. The molecule has 26 heavy (non-hydrogen) atoms. The SMILES string of the molecule is C[C@@H]1[C@H]2C[C@H](C[C@H]1OC(=O)c1cccc(N3C(=O)CCC3=O)c1)C2(C)C. The first-order valence-corrected chi connectivity index (χ1v) is 9.46. The maximum Gasteiger partial charge on any atom is 0.338 e. The zero-order valence-corrected chi connectivity index (χ0v) is 15.5. The number of amides is 2. The van der Waals surface area contributed by atoms with Crippen molar-refractivity contribution in [1.29, 1.82) is 0 Å². The van der Waals surface area contributed by atoms with Gasteiger partial charge in [0.25, 0.3) is 0 Å². The topological polar surface area (TPSA) is 63.7 Å². The van der Waals surface area contributed by atoms with Crippen LogP contribution in [-0.2, 0) is 14.3 Å². The van der Waals surface area contributed by atoms with E-state index >= 15 is 0 Å². The summed E-state index contributed by atoms with van der Waals surface area (Å²) in [6.45, 7) is 6.81. The van der Waals surface area contributed by atoms with Gasteiger partial charge < -0.3 is 4.74 Å². The Balaban J connectivity index is 1.49. The van der Waals surface area contributed by atoms with Gasteiger partial charge in [-0.2, -0.15) is 0 Å². The van der Waals surface area contributed by atoms with Crippen LogP contribution in [0.2, 0.25) is 0 Å². The number of imide groups is 1. The van der Waals surface area contributed by atoms with E-state index in [-0.39, 0.29) is 36.7 Å². The quantitative estimate of drug-likeness (QED) is 0.614. The van der Waals surface area contributed by atoms with Crippen molar-refractivity contribution >= 4 is 23.5 Å². The normalized spacial score (nSPS) is 32.3. The Morgan fingerprint density at radius 1 is 1.15 bits per heavy atom. The zero-order chi connectivity index (χ0) is 18.6. The molecule has 4 fully saturated rings. The maximum atomic E-state index is 12.7. The Bertz CT molecular complexity index is 768. The number of carbonyl (C=O) groups is 3. The molecule has 0 spiro atoms. The first kappa shape index (κ1) is 17.3. The Hall–Kier alpha value is -2.17. The molecule has 0 radical (unpaired) electrons.